The molecule has 1 aromatic heterocycles. The minimum atomic E-state index is -1.32. The highest BCUT2D eigenvalue weighted by Gasteiger charge is 2.15. The first-order valence-corrected chi connectivity index (χ1v) is 5.51. The molecule has 2 rings (SSSR count). The third-order valence-electron chi connectivity index (χ3n) is 2.55. The van der Waals surface area contributed by atoms with Gasteiger partial charge in [-0.25, -0.2) is 9.18 Å². The van der Waals surface area contributed by atoms with E-state index in [1.165, 1.54) is 10.7 Å². The Morgan fingerprint density at radius 2 is 2.28 bits per heavy atom. The van der Waals surface area contributed by atoms with Crippen LogP contribution in [0.4, 0.5) is 4.39 Å². The van der Waals surface area contributed by atoms with Gasteiger partial charge >= 0.3 is 5.97 Å². The molecule has 1 aromatic carbocycles. The SMILES string of the molecule is CCn1nc(C(=O)O)c(=N)c2cc(F)c(Cl)cc21. The molecule has 0 bridgehead atoms. The summed E-state index contributed by atoms with van der Waals surface area (Å²) in [5.74, 6) is -2.01. The number of nitrogens with zero attached hydrogens (tertiary/aromatic N) is 2. The lowest BCUT2D eigenvalue weighted by molar-refractivity contribution is 0.0686. The number of hydrogen-bond acceptors (Lipinski definition) is 3. The largest absolute Gasteiger partial charge is 0.476 e. The molecule has 94 valence electrons. The summed E-state index contributed by atoms with van der Waals surface area (Å²) >= 11 is 5.68. The quantitative estimate of drug-likeness (QED) is 0.875. The summed E-state index contributed by atoms with van der Waals surface area (Å²) < 4.78 is 14.8. The van der Waals surface area contributed by atoms with Crippen LogP contribution in [-0.2, 0) is 6.54 Å². The van der Waals surface area contributed by atoms with Gasteiger partial charge in [0.05, 0.1) is 15.9 Å². The number of aromatic carboxylic acids is 1. The van der Waals surface area contributed by atoms with Crippen LogP contribution in [-0.4, -0.2) is 20.9 Å². The highest BCUT2D eigenvalue weighted by atomic mass is 35.5. The van der Waals surface area contributed by atoms with Crippen molar-refractivity contribution in [1.29, 1.82) is 5.41 Å². The molecular formula is C11H9ClFN3O2. The number of nitrogens with one attached hydrogen (secondary N) is 1. The second-order valence-electron chi connectivity index (χ2n) is 3.63. The topological polar surface area (TPSA) is 79.0 Å². The van der Waals surface area contributed by atoms with Crippen LogP contribution in [0.3, 0.4) is 0 Å². The number of carbonyl (C=O) groups is 1. The van der Waals surface area contributed by atoms with Crippen molar-refractivity contribution in [1.82, 2.24) is 9.78 Å². The Hall–Kier alpha value is -1.95. The van der Waals surface area contributed by atoms with Crippen molar-refractivity contribution in [3.05, 3.63) is 34.0 Å². The summed E-state index contributed by atoms with van der Waals surface area (Å²) in [7, 11) is 0. The molecule has 0 aliphatic heterocycles. The van der Waals surface area contributed by atoms with Crippen LogP contribution in [0, 0.1) is 11.2 Å². The number of fused-ring (bicyclic) bond motifs is 1. The van der Waals surface area contributed by atoms with E-state index in [9.17, 15) is 9.18 Å². The normalized spacial score (nSPS) is 10.8. The number of carboxylic acid groups (broad SMARTS) is 1. The molecule has 5 nitrogen and oxygen atoms in total. The van der Waals surface area contributed by atoms with Gasteiger partial charge in [0, 0.05) is 11.9 Å². The average molecular weight is 270 g/mol. The van der Waals surface area contributed by atoms with E-state index in [1.807, 2.05) is 0 Å². The molecule has 0 aliphatic carbocycles. The highest BCUT2D eigenvalue weighted by Crippen LogP contribution is 2.20. The van der Waals surface area contributed by atoms with E-state index in [2.05, 4.69) is 5.10 Å². The maximum absolute atomic E-state index is 13.4. The number of aryl methyl sites for hydroxylation is 1. The first-order chi connectivity index (χ1) is 8.45. The van der Waals surface area contributed by atoms with Crippen molar-refractivity contribution in [2.75, 3.05) is 0 Å². The zero-order chi connectivity index (χ0) is 13.4. The summed E-state index contributed by atoms with van der Waals surface area (Å²) in [6.45, 7) is 2.15. The Balaban J connectivity index is 2.99. The standard InChI is InChI=1S/C11H9ClFN3O2/c1-2-16-8-4-6(12)7(13)3-5(8)9(14)10(15-16)11(17)18/h3-4,14H,2H2,1H3,(H,17,18). The number of rotatable bonds is 2. The van der Waals surface area contributed by atoms with Crippen LogP contribution >= 0.6 is 11.6 Å². The predicted molar refractivity (Wildman–Crippen MR) is 63.2 cm³/mol. The number of carboxylic acids is 1. The van der Waals surface area contributed by atoms with E-state index in [0.717, 1.165) is 6.07 Å². The maximum Gasteiger partial charge on any atom is 0.358 e. The van der Waals surface area contributed by atoms with Crippen LogP contribution in [0.2, 0.25) is 5.02 Å². The van der Waals surface area contributed by atoms with Gasteiger partial charge in [0.2, 0.25) is 0 Å². The minimum absolute atomic E-state index is 0.0889. The smallest absolute Gasteiger partial charge is 0.358 e. The fourth-order valence-corrected chi connectivity index (χ4v) is 1.85. The minimum Gasteiger partial charge on any atom is -0.476 e. The van der Waals surface area contributed by atoms with Gasteiger partial charge in [0.25, 0.3) is 0 Å². The zero-order valence-corrected chi connectivity index (χ0v) is 10.1. The Labute approximate surface area is 106 Å². The van der Waals surface area contributed by atoms with E-state index < -0.39 is 17.5 Å². The molecule has 0 unspecified atom stereocenters. The van der Waals surface area contributed by atoms with E-state index in [1.54, 1.807) is 6.92 Å². The molecular weight excluding hydrogens is 261 g/mol. The molecule has 0 saturated heterocycles. The fourth-order valence-electron chi connectivity index (χ4n) is 1.69. The Bertz CT molecular complexity index is 711. The van der Waals surface area contributed by atoms with Gasteiger partial charge in [-0.1, -0.05) is 11.6 Å². The molecule has 0 atom stereocenters. The molecule has 2 N–H and O–H groups in total. The van der Waals surface area contributed by atoms with Crippen LogP contribution in [0.5, 0.6) is 0 Å². The summed E-state index contributed by atoms with van der Waals surface area (Å²) in [5, 5.41) is 20.3. The molecule has 2 aromatic rings. The highest BCUT2D eigenvalue weighted by molar-refractivity contribution is 6.31. The zero-order valence-electron chi connectivity index (χ0n) is 9.37. The third kappa shape index (κ3) is 1.84. The second-order valence-corrected chi connectivity index (χ2v) is 4.04. The molecule has 0 radical (unpaired) electrons. The monoisotopic (exact) mass is 269 g/mol. The van der Waals surface area contributed by atoms with Crippen molar-refractivity contribution >= 4 is 28.5 Å². The molecule has 0 fully saturated rings. The third-order valence-corrected chi connectivity index (χ3v) is 2.84. The molecule has 7 heteroatoms. The number of aromatic nitrogens is 2. The van der Waals surface area contributed by atoms with Crippen molar-refractivity contribution in [3.8, 4) is 0 Å². The molecule has 0 amide bonds. The van der Waals surface area contributed by atoms with Crippen LogP contribution in [0.1, 0.15) is 17.4 Å². The molecule has 0 aliphatic rings. The second kappa shape index (κ2) is 4.38. The summed E-state index contributed by atoms with van der Waals surface area (Å²) in [5.41, 5.74) is 0.0185. The maximum atomic E-state index is 13.4. The molecule has 0 spiro atoms. The van der Waals surface area contributed by atoms with Gasteiger partial charge in [0.1, 0.15) is 5.82 Å². The van der Waals surface area contributed by atoms with Crippen LogP contribution < -0.4 is 5.36 Å². The summed E-state index contributed by atoms with van der Waals surface area (Å²) in [6, 6.07) is 2.40. The van der Waals surface area contributed by atoms with Gasteiger partial charge in [-0.05, 0) is 19.1 Å². The molecule has 18 heavy (non-hydrogen) atoms. The Morgan fingerprint density at radius 1 is 1.61 bits per heavy atom. The van der Waals surface area contributed by atoms with Gasteiger partial charge in [-0.2, -0.15) is 5.10 Å². The summed E-state index contributed by atoms with van der Waals surface area (Å²) in [4.78, 5) is 11.0. The average Bonchev–Trinajstić information content (AvgIpc) is 2.32. The predicted octanol–water partition coefficient (Wildman–Crippen LogP) is 2.03. The Morgan fingerprint density at radius 3 is 2.83 bits per heavy atom. The van der Waals surface area contributed by atoms with E-state index in [0.29, 0.717) is 12.1 Å². The van der Waals surface area contributed by atoms with Crippen molar-refractivity contribution in [3.63, 3.8) is 0 Å². The lowest BCUT2D eigenvalue weighted by atomic mass is 10.2. The van der Waals surface area contributed by atoms with Crippen LogP contribution in [0.15, 0.2) is 12.1 Å². The van der Waals surface area contributed by atoms with Crippen molar-refractivity contribution in [2.24, 2.45) is 0 Å². The van der Waals surface area contributed by atoms with Gasteiger partial charge in [-0.15, -0.1) is 0 Å². The van der Waals surface area contributed by atoms with Crippen LogP contribution in [0.25, 0.3) is 10.9 Å². The number of hydrogen-bond donors (Lipinski definition) is 2. The first-order valence-electron chi connectivity index (χ1n) is 5.13. The molecule has 1 heterocycles. The number of benzene rings is 1. The van der Waals surface area contributed by atoms with Crippen molar-refractivity contribution < 1.29 is 14.3 Å². The lowest BCUT2D eigenvalue weighted by Gasteiger charge is -2.10. The fraction of sp³-hybridized carbons (Fsp3) is 0.182. The van der Waals surface area contributed by atoms with E-state index in [-0.39, 0.29) is 15.8 Å². The lowest BCUT2D eigenvalue weighted by Crippen LogP contribution is -2.23. The summed E-state index contributed by atoms with van der Waals surface area (Å²) in [6.07, 6.45) is 0. The molecule has 0 saturated carbocycles. The first kappa shape index (κ1) is 12.5. The van der Waals surface area contributed by atoms with Gasteiger partial charge < -0.3 is 5.11 Å². The van der Waals surface area contributed by atoms with E-state index in [4.69, 9.17) is 22.1 Å². The Kier molecular flexibility index (Phi) is 3.04. The van der Waals surface area contributed by atoms with E-state index >= 15 is 0 Å². The number of halogens is 2. The van der Waals surface area contributed by atoms with Crippen molar-refractivity contribution in [2.45, 2.75) is 13.5 Å². The van der Waals surface area contributed by atoms with Gasteiger partial charge in [-0.3, -0.25) is 10.1 Å². The van der Waals surface area contributed by atoms with Gasteiger partial charge in [0.15, 0.2) is 5.69 Å².